The first-order chi connectivity index (χ1) is 6.56. The lowest BCUT2D eigenvalue weighted by atomic mass is 9.98. The van der Waals surface area contributed by atoms with E-state index in [0.29, 0.717) is 5.78 Å². The Balaban J connectivity index is 2.83. The smallest absolute Gasteiger partial charge is 0.175 e. The van der Waals surface area contributed by atoms with E-state index < -0.39 is 0 Å². The molecular weight excluding hydrogens is 192 g/mol. The third kappa shape index (κ3) is 2.44. The standard InChI is InChI=1S/C12H18OS/c1-5-6-8(2)11(13)12-9(3)7-10(4)14-12/h7-8H,5-6H2,1-4H3. The SMILES string of the molecule is CCCC(C)C(=O)c1sc(C)cc1C. The van der Waals surface area contributed by atoms with Crippen LogP contribution >= 0.6 is 11.3 Å². The van der Waals surface area contributed by atoms with Crippen LogP contribution in [0, 0.1) is 19.8 Å². The number of hydrogen-bond donors (Lipinski definition) is 0. The number of aryl methyl sites for hydroxylation is 2. The maximum Gasteiger partial charge on any atom is 0.175 e. The molecule has 14 heavy (non-hydrogen) atoms. The van der Waals surface area contributed by atoms with Gasteiger partial charge in [-0.2, -0.15) is 0 Å². The molecule has 0 fully saturated rings. The zero-order valence-electron chi connectivity index (χ0n) is 9.39. The maximum absolute atomic E-state index is 12.0. The number of ketones is 1. The van der Waals surface area contributed by atoms with Crippen molar-refractivity contribution in [3.05, 3.63) is 21.4 Å². The average Bonchev–Trinajstić information content (AvgIpc) is 2.44. The number of carbonyl (C=O) groups is 1. The second kappa shape index (κ2) is 4.74. The lowest BCUT2D eigenvalue weighted by Crippen LogP contribution is -2.10. The van der Waals surface area contributed by atoms with Crippen molar-refractivity contribution < 1.29 is 4.79 Å². The normalized spacial score (nSPS) is 12.9. The molecule has 0 spiro atoms. The fourth-order valence-electron chi connectivity index (χ4n) is 1.67. The van der Waals surface area contributed by atoms with E-state index in [0.717, 1.165) is 23.3 Å². The number of carbonyl (C=O) groups excluding carboxylic acids is 1. The highest BCUT2D eigenvalue weighted by atomic mass is 32.1. The monoisotopic (exact) mass is 210 g/mol. The third-order valence-electron chi connectivity index (χ3n) is 2.43. The molecule has 1 aromatic rings. The third-order valence-corrected chi connectivity index (χ3v) is 3.60. The Hall–Kier alpha value is -0.630. The predicted octanol–water partition coefficient (Wildman–Crippen LogP) is 3.98. The molecule has 2 heteroatoms. The minimum Gasteiger partial charge on any atom is -0.293 e. The van der Waals surface area contributed by atoms with Crippen molar-refractivity contribution in [3.63, 3.8) is 0 Å². The summed E-state index contributed by atoms with van der Waals surface area (Å²) in [6.07, 6.45) is 2.07. The summed E-state index contributed by atoms with van der Waals surface area (Å²) >= 11 is 1.63. The molecule has 1 aromatic heterocycles. The van der Waals surface area contributed by atoms with Gasteiger partial charge in [0.25, 0.3) is 0 Å². The highest BCUT2D eigenvalue weighted by molar-refractivity contribution is 7.14. The number of hydrogen-bond acceptors (Lipinski definition) is 2. The fourth-order valence-corrected chi connectivity index (χ4v) is 2.75. The van der Waals surface area contributed by atoms with Crippen LogP contribution < -0.4 is 0 Å². The van der Waals surface area contributed by atoms with Crippen LogP contribution in [0.4, 0.5) is 0 Å². The average molecular weight is 210 g/mol. The molecule has 0 saturated carbocycles. The summed E-state index contributed by atoms with van der Waals surface area (Å²) in [4.78, 5) is 14.2. The van der Waals surface area contributed by atoms with Crippen molar-refractivity contribution in [2.24, 2.45) is 5.92 Å². The Kier molecular flexibility index (Phi) is 3.87. The van der Waals surface area contributed by atoms with Crippen molar-refractivity contribution in [1.29, 1.82) is 0 Å². The zero-order valence-corrected chi connectivity index (χ0v) is 10.2. The summed E-state index contributed by atoms with van der Waals surface area (Å²) in [5.41, 5.74) is 1.14. The molecular formula is C12H18OS. The van der Waals surface area contributed by atoms with Crippen LogP contribution in [0.1, 0.15) is 46.8 Å². The summed E-state index contributed by atoms with van der Waals surface area (Å²) in [6.45, 7) is 8.23. The van der Waals surface area contributed by atoms with Crippen molar-refractivity contribution in [2.45, 2.75) is 40.5 Å². The maximum atomic E-state index is 12.0. The fraction of sp³-hybridized carbons (Fsp3) is 0.583. The molecule has 0 radical (unpaired) electrons. The van der Waals surface area contributed by atoms with Gasteiger partial charge in [0.2, 0.25) is 0 Å². The van der Waals surface area contributed by atoms with E-state index in [4.69, 9.17) is 0 Å². The molecule has 0 N–H and O–H groups in total. The van der Waals surface area contributed by atoms with Crippen molar-refractivity contribution in [1.82, 2.24) is 0 Å². The van der Waals surface area contributed by atoms with E-state index in [1.165, 1.54) is 4.88 Å². The molecule has 1 rings (SSSR count). The van der Waals surface area contributed by atoms with E-state index in [-0.39, 0.29) is 5.92 Å². The zero-order chi connectivity index (χ0) is 10.7. The van der Waals surface area contributed by atoms with Gasteiger partial charge in [0.15, 0.2) is 5.78 Å². The number of thiophene rings is 1. The minimum atomic E-state index is 0.178. The molecule has 1 atom stereocenters. The molecule has 0 aromatic carbocycles. The molecule has 78 valence electrons. The summed E-state index contributed by atoms with van der Waals surface area (Å²) in [6, 6.07) is 2.09. The Morgan fingerprint density at radius 3 is 2.57 bits per heavy atom. The van der Waals surface area contributed by atoms with E-state index in [1.54, 1.807) is 11.3 Å². The Morgan fingerprint density at radius 1 is 1.50 bits per heavy atom. The van der Waals surface area contributed by atoms with Crippen molar-refractivity contribution >= 4 is 17.1 Å². The van der Waals surface area contributed by atoms with Crippen LogP contribution in [0.2, 0.25) is 0 Å². The highest BCUT2D eigenvalue weighted by Gasteiger charge is 2.18. The molecule has 0 aliphatic rings. The van der Waals surface area contributed by atoms with Crippen LogP contribution in [-0.4, -0.2) is 5.78 Å². The van der Waals surface area contributed by atoms with E-state index in [1.807, 2.05) is 13.8 Å². The molecule has 1 nitrogen and oxygen atoms in total. The highest BCUT2D eigenvalue weighted by Crippen LogP contribution is 2.25. The lowest BCUT2D eigenvalue weighted by Gasteiger charge is -2.07. The Morgan fingerprint density at radius 2 is 2.14 bits per heavy atom. The number of Topliss-reactive ketones (excluding diaryl/α,β-unsaturated/α-hetero) is 1. The van der Waals surface area contributed by atoms with E-state index >= 15 is 0 Å². The summed E-state index contributed by atoms with van der Waals surface area (Å²) in [5.74, 6) is 0.499. The van der Waals surface area contributed by atoms with Gasteiger partial charge in [0, 0.05) is 10.8 Å². The van der Waals surface area contributed by atoms with Crippen LogP contribution in [-0.2, 0) is 0 Å². The van der Waals surface area contributed by atoms with Crippen LogP contribution in [0.3, 0.4) is 0 Å². The molecule has 1 heterocycles. The van der Waals surface area contributed by atoms with Gasteiger partial charge in [0.1, 0.15) is 0 Å². The van der Waals surface area contributed by atoms with E-state index in [2.05, 4.69) is 19.9 Å². The topological polar surface area (TPSA) is 17.1 Å². The largest absolute Gasteiger partial charge is 0.293 e. The van der Waals surface area contributed by atoms with Gasteiger partial charge in [-0.1, -0.05) is 20.3 Å². The molecule has 0 amide bonds. The molecule has 1 unspecified atom stereocenters. The summed E-state index contributed by atoms with van der Waals surface area (Å²) < 4.78 is 0. The predicted molar refractivity (Wildman–Crippen MR) is 62.2 cm³/mol. The summed E-state index contributed by atoms with van der Waals surface area (Å²) in [7, 11) is 0. The van der Waals surface area contributed by atoms with Gasteiger partial charge in [-0.15, -0.1) is 11.3 Å². The van der Waals surface area contributed by atoms with Crippen LogP contribution in [0.5, 0.6) is 0 Å². The molecule has 0 bridgehead atoms. The van der Waals surface area contributed by atoms with Gasteiger partial charge in [0.05, 0.1) is 4.88 Å². The second-order valence-electron chi connectivity index (χ2n) is 3.92. The lowest BCUT2D eigenvalue weighted by molar-refractivity contribution is 0.0927. The summed E-state index contributed by atoms with van der Waals surface area (Å²) in [5, 5.41) is 0. The number of rotatable bonds is 4. The van der Waals surface area contributed by atoms with Gasteiger partial charge < -0.3 is 0 Å². The van der Waals surface area contributed by atoms with Crippen molar-refractivity contribution in [2.75, 3.05) is 0 Å². The van der Waals surface area contributed by atoms with Gasteiger partial charge in [-0.05, 0) is 31.9 Å². The molecule has 0 aliphatic carbocycles. The Bertz CT molecular complexity index is 325. The van der Waals surface area contributed by atoms with Crippen LogP contribution in [0.25, 0.3) is 0 Å². The van der Waals surface area contributed by atoms with Gasteiger partial charge >= 0.3 is 0 Å². The van der Waals surface area contributed by atoms with Crippen LogP contribution in [0.15, 0.2) is 6.07 Å². The molecule has 0 saturated heterocycles. The van der Waals surface area contributed by atoms with E-state index in [9.17, 15) is 4.79 Å². The second-order valence-corrected chi connectivity index (χ2v) is 5.18. The van der Waals surface area contributed by atoms with Gasteiger partial charge in [-0.3, -0.25) is 4.79 Å². The molecule has 0 aliphatic heterocycles. The van der Waals surface area contributed by atoms with Gasteiger partial charge in [-0.25, -0.2) is 0 Å². The Labute approximate surface area is 90.2 Å². The first kappa shape index (κ1) is 11.4. The first-order valence-electron chi connectivity index (χ1n) is 5.17. The quantitative estimate of drug-likeness (QED) is 0.687. The van der Waals surface area contributed by atoms with Crippen molar-refractivity contribution in [3.8, 4) is 0 Å². The minimum absolute atomic E-state index is 0.178. The first-order valence-corrected chi connectivity index (χ1v) is 5.99.